The van der Waals surface area contributed by atoms with Crippen molar-refractivity contribution in [2.24, 2.45) is 5.92 Å². The lowest BCUT2D eigenvalue weighted by Gasteiger charge is -2.36. The Hall–Kier alpha value is -3.61. The van der Waals surface area contributed by atoms with Crippen molar-refractivity contribution in [3.8, 4) is 17.2 Å². The van der Waals surface area contributed by atoms with Crippen molar-refractivity contribution >= 4 is 12.0 Å². The molecule has 3 fully saturated rings. The summed E-state index contributed by atoms with van der Waals surface area (Å²) in [6, 6.07) is 23.2. The Kier molecular flexibility index (Phi) is 8.11. The van der Waals surface area contributed by atoms with E-state index in [1.54, 1.807) is 19.2 Å². The van der Waals surface area contributed by atoms with Crippen LogP contribution < -0.4 is 10.4 Å². The molecule has 3 aliphatic rings. The number of carbonyl (C=O) groups is 1. The number of aldehydes is 1. The van der Waals surface area contributed by atoms with Gasteiger partial charge in [0, 0.05) is 38.2 Å². The number of carbonyl (C=O) groups excluding carboxylic acids is 1. The number of anilines is 1. The van der Waals surface area contributed by atoms with Crippen molar-refractivity contribution in [3.63, 3.8) is 0 Å². The lowest BCUT2D eigenvalue weighted by molar-refractivity contribution is -0.00444. The van der Waals surface area contributed by atoms with Gasteiger partial charge in [0.1, 0.15) is 23.9 Å². The fourth-order valence-electron chi connectivity index (χ4n) is 6.98. The summed E-state index contributed by atoms with van der Waals surface area (Å²) in [6.45, 7) is 1.54. The number of hydroxylamine groups is 1. The Morgan fingerprint density at radius 3 is 2.57 bits per heavy atom. The van der Waals surface area contributed by atoms with Crippen molar-refractivity contribution in [2.75, 3.05) is 32.3 Å². The zero-order valence-electron chi connectivity index (χ0n) is 24.1. The van der Waals surface area contributed by atoms with Crippen LogP contribution in [-0.4, -0.2) is 56.7 Å². The number of halogens is 1. The van der Waals surface area contributed by atoms with Gasteiger partial charge in [0.15, 0.2) is 6.10 Å². The van der Waals surface area contributed by atoms with Crippen LogP contribution in [0.25, 0.3) is 11.1 Å². The van der Waals surface area contributed by atoms with E-state index in [9.17, 15) is 10.1 Å². The molecular formula is C34H37FN4O3. The highest BCUT2D eigenvalue weighted by Crippen LogP contribution is 2.40. The molecule has 3 aromatic rings. The second-order valence-electron chi connectivity index (χ2n) is 11.9. The van der Waals surface area contributed by atoms with Crippen molar-refractivity contribution in [3.05, 3.63) is 89.2 Å². The van der Waals surface area contributed by atoms with E-state index in [-0.39, 0.29) is 12.6 Å². The smallest absolute Gasteiger partial charge is 0.176 e. The molecule has 1 aliphatic carbocycles. The highest BCUT2D eigenvalue weighted by atomic mass is 19.1. The Morgan fingerprint density at radius 1 is 1.17 bits per heavy atom. The van der Waals surface area contributed by atoms with Gasteiger partial charge in [0.2, 0.25) is 0 Å². The summed E-state index contributed by atoms with van der Waals surface area (Å²) < 4.78 is 21.6. The topological polar surface area (TPSA) is 77.8 Å². The van der Waals surface area contributed by atoms with Crippen LogP contribution in [0.5, 0.6) is 0 Å². The summed E-state index contributed by atoms with van der Waals surface area (Å²) in [6.07, 6.45) is 4.23. The normalized spacial score (nSPS) is 25.8. The van der Waals surface area contributed by atoms with Gasteiger partial charge in [-0.25, -0.2) is 9.45 Å². The number of hydrogen-bond donors (Lipinski definition) is 1. The van der Waals surface area contributed by atoms with Crippen molar-refractivity contribution in [1.29, 1.82) is 5.26 Å². The van der Waals surface area contributed by atoms with Crippen LogP contribution >= 0.6 is 0 Å². The predicted octanol–water partition coefficient (Wildman–Crippen LogP) is 5.45. The molecular weight excluding hydrogens is 531 g/mol. The highest BCUT2D eigenvalue weighted by Gasteiger charge is 2.44. The van der Waals surface area contributed by atoms with Crippen LogP contribution in [0.15, 0.2) is 66.7 Å². The zero-order chi connectivity index (χ0) is 29.3. The van der Waals surface area contributed by atoms with E-state index in [0.717, 1.165) is 55.3 Å². The number of methoxy groups -OCH3 is 1. The van der Waals surface area contributed by atoms with Crippen LogP contribution in [0.3, 0.4) is 0 Å². The van der Waals surface area contributed by atoms with Gasteiger partial charge in [-0.2, -0.15) is 5.26 Å². The largest absolute Gasteiger partial charge is 0.372 e. The van der Waals surface area contributed by atoms with Crippen LogP contribution in [0.4, 0.5) is 10.1 Å². The SMILES string of the molecule is COC1(c2cc(-c3ccc(C[C@@H](C#N)ON(c4ccccc4)C4NC5CCC4C5)c(F)c3)ccc2C=O)CCN(C)C1. The third-order valence-electron chi connectivity index (χ3n) is 9.25. The van der Waals surface area contributed by atoms with Crippen molar-refractivity contribution < 1.29 is 18.8 Å². The Balaban J connectivity index is 1.23. The molecule has 0 amide bonds. The number of ether oxygens (including phenoxy) is 1. The molecule has 2 heterocycles. The standard InChI is InChI=1S/C34H37FN4O3/c1-38-15-14-34(22-38,41-2)31-18-23(9-11-27(31)21-40)24-8-10-25(32(35)19-24)17-30(20-36)42-39(29-6-4-3-5-7-29)33-26-12-13-28(16-26)37-33/h3-11,18-19,21,26,28,30,33,37H,12-17,22H2,1-2H3/t26?,28?,30-,33?,34?/m0/s1. The third kappa shape index (κ3) is 5.46. The summed E-state index contributed by atoms with van der Waals surface area (Å²) in [5.74, 6) is 0.0478. The Bertz CT molecular complexity index is 1480. The summed E-state index contributed by atoms with van der Waals surface area (Å²) in [7, 11) is 3.71. The number of benzene rings is 3. The lowest BCUT2D eigenvalue weighted by Crippen LogP contribution is -2.50. The maximum Gasteiger partial charge on any atom is 0.176 e. The average molecular weight is 569 g/mol. The average Bonchev–Trinajstić information content (AvgIpc) is 3.76. The number of hydrogen-bond acceptors (Lipinski definition) is 7. The van der Waals surface area contributed by atoms with Crippen LogP contribution in [0.2, 0.25) is 0 Å². The quantitative estimate of drug-likeness (QED) is 0.257. The van der Waals surface area contributed by atoms with Gasteiger partial charge >= 0.3 is 0 Å². The first kappa shape index (κ1) is 28.5. The number of piperidine rings is 1. The number of para-hydroxylation sites is 1. The first-order valence-corrected chi connectivity index (χ1v) is 14.7. The molecule has 7 nitrogen and oxygen atoms in total. The summed E-state index contributed by atoms with van der Waals surface area (Å²) in [4.78, 5) is 20.4. The summed E-state index contributed by atoms with van der Waals surface area (Å²) in [5, 5.41) is 15.5. The van der Waals surface area contributed by atoms with E-state index >= 15 is 4.39 Å². The van der Waals surface area contributed by atoms with Crippen LogP contribution in [-0.2, 0) is 21.6 Å². The molecule has 4 unspecified atom stereocenters. The Morgan fingerprint density at radius 2 is 1.95 bits per heavy atom. The first-order valence-electron chi connectivity index (χ1n) is 14.7. The zero-order valence-corrected chi connectivity index (χ0v) is 24.1. The second kappa shape index (κ2) is 11.9. The fraction of sp³-hybridized carbons (Fsp3) is 0.412. The molecule has 6 rings (SSSR count). The van der Waals surface area contributed by atoms with Crippen molar-refractivity contribution in [2.45, 2.75) is 56.0 Å². The predicted molar refractivity (Wildman–Crippen MR) is 159 cm³/mol. The maximum atomic E-state index is 15.6. The molecule has 0 aromatic heterocycles. The third-order valence-corrected chi connectivity index (χ3v) is 9.25. The van der Waals surface area contributed by atoms with E-state index in [1.807, 2.05) is 60.6 Å². The molecule has 0 radical (unpaired) electrons. The van der Waals surface area contributed by atoms with Gasteiger partial charge in [-0.05, 0) is 85.2 Å². The molecule has 5 atom stereocenters. The molecule has 0 spiro atoms. The minimum absolute atomic E-state index is 0.0206. The van der Waals surface area contributed by atoms with Gasteiger partial charge in [-0.3, -0.25) is 14.9 Å². The van der Waals surface area contributed by atoms with Gasteiger partial charge in [-0.15, -0.1) is 0 Å². The van der Waals surface area contributed by atoms with E-state index in [2.05, 4.69) is 16.3 Å². The number of fused-ring (bicyclic) bond motifs is 2. The molecule has 2 aliphatic heterocycles. The molecule has 2 bridgehead atoms. The first-order chi connectivity index (χ1) is 20.4. The van der Waals surface area contributed by atoms with Gasteiger partial charge in [-0.1, -0.05) is 42.5 Å². The van der Waals surface area contributed by atoms with Crippen LogP contribution in [0, 0.1) is 23.1 Å². The lowest BCUT2D eigenvalue weighted by atomic mass is 9.86. The number of rotatable bonds is 10. The fourth-order valence-corrected chi connectivity index (χ4v) is 6.98. The van der Waals surface area contributed by atoms with Crippen molar-refractivity contribution in [1.82, 2.24) is 10.2 Å². The molecule has 8 heteroatoms. The van der Waals surface area contributed by atoms with E-state index in [4.69, 9.17) is 9.57 Å². The monoisotopic (exact) mass is 568 g/mol. The van der Waals surface area contributed by atoms with Gasteiger partial charge in [0.25, 0.3) is 0 Å². The molecule has 218 valence electrons. The summed E-state index contributed by atoms with van der Waals surface area (Å²) >= 11 is 0. The molecule has 42 heavy (non-hydrogen) atoms. The number of nitriles is 1. The number of likely N-dealkylation sites (tertiary alicyclic amines) is 1. The minimum Gasteiger partial charge on any atom is -0.372 e. The number of nitrogens with one attached hydrogen (secondary N) is 1. The molecule has 3 aromatic carbocycles. The summed E-state index contributed by atoms with van der Waals surface area (Å²) in [5.41, 5.74) is 3.59. The molecule has 1 saturated carbocycles. The Labute approximate surface area is 246 Å². The van der Waals surface area contributed by atoms with Gasteiger partial charge in [0.05, 0.1) is 11.8 Å². The van der Waals surface area contributed by atoms with E-state index in [1.165, 1.54) is 6.07 Å². The maximum absolute atomic E-state index is 15.6. The van der Waals surface area contributed by atoms with Gasteiger partial charge < -0.3 is 9.64 Å². The molecule has 1 N–H and O–H groups in total. The minimum atomic E-state index is -0.870. The van der Waals surface area contributed by atoms with E-state index in [0.29, 0.717) is 35.2 Å². The van der Waals surface area contributed by atoms with Crippen LogP contribution in [0.1, 0.15) is 47.2 Å². The highest BCUT2D eigenvalue weighted by molar-refractivity contribution is 5.80. The second-order valence-corrected chi connectivity index (χ2v) is 11.9. The number of likely N-dealkylation sites (N-methyl/N-ethyl adjacent to an activating group) is 1. The number of nitrogens with zero attached hydrogens (tertiary/aromatic N) is 3. The van der Waals surface area contributed by atoms with E-state index < -0.39 is 17.5 Å². The molecule has 2 saturated heterocycles.